The largest absolute Gasteiger partial charge is 0.316 e. The third-order valence-electron chi connectivity index (χ3n) is 6.84. The van der Waals surface area contributed by atoms with Crippen molar-refractivity contribution in [3.8, 4) is 0 Å². The molecule has 0 aliphatic heterocycles. The lowest BCUT2D eigenvalue weighted by molar-refractivity contribution is 0.264. The lowest BCUT2D eigenvalue weighted by Gasteiger charge is -2.30. The minimum absolute atomic E-state index is 0.756. The molecule has 0 heterocycles. The lowest BCUT2D eigenvalue weighted by atomic mass is 9.81. The highest BCUT2D eigenvalue weighted by molar-refractivity contribution is 7.97. The number of aryl methyl sites for hydroxylation is 1. The van der Waals surface area contributed by atoms with Gasteiger partial charge in [0.1, 0.15) is 0 Å². The van der Waals surface area contributed by atoms with Gasteiger partial charge in [-0.1, -0.05) is 36.4 Å². The standard InChI is InChI=1S/C25H35N3OS/c29-28-24-7-3-4-8-25(24)30-27-18-20-11-9-19(10-12-20)16-26-17-21-13-14-22-5-1-2-6-23(22)15-21/h1-8,19-21,26-29H,9-18H2. The van der Waals surface area contributed by atoms with Gasteiger partial charge in [-0.2, -0.15) is 0 Å². The van der Waals surface area contributed by atoms with Crippen LogP contribution in [0.15, 0.2) is 53.4 Å². The number of rotatable bonds is 9. The zero-order valence-corrected chi connectivity index (χ0v) is 18.6. The summed E-state index contributed by atoms with van der Waals surface area (Å²) >= 11 is 1.61. The van der Waals surface area contributed by atoms with Gasteiger partial charge < -0.3 is 5.32 Å². The number of nitrogens with one attached hydrogen (secondary N) is 3. The van der Waals surface area contributed by atoms with E-state index in [4.69, 9.17) is 0 Å². The monoisotopic (exact) mass is 425 g/mol. The molecule has 162 valence electrons. The minimum atomic E-state index is 0.756. The van der Waals surface area contributed by atoms with Crippen molar-refractivity contribution in [1.29, 1.82) is 0 Å². The molecule has 1 saturated carbocycles. The van der Waals surface area contributed by atoms with Gasteiger partial charge in [0.2, 0.25) is 0 Å². The molecule has 2 aromatic carbocycles. The van der Waals surface area contributed by atoms with Crippen molar-refractivity contribution in [1.82, 2.24) is 10.0 Å². The van der Waals surface area contributed by atoms with Crippen molar-refractivity contribution in [2.24, 2.45) is 17.8 Å². The number of benzene rings is 2. The van der Waals surface area contributed by atoms with Crippen LogP contribution in [0.4, 0.5) is 5.69 Å². The Morgan fingerprint density at radius 3 is 2.23 bits per heavy atom. The predicted molar refractivity (Wildman–Crippen MR) is 126 cm³/mol. The summed E-state index contributed by atoms with van der Waals surface area (Å²) in [7, 11) is 0. The molecule has 4 nitrogen and oxygen atoms in total. The van der Waals surface area contributed by atoms with Crippen LogP contribution in [0, 0.1) is 17.8 Å². The number of hydrogen-bond acceptors (Lipinski definition) is 5. The van der Waals surface area contributed by atoms with Crippen molar-refractivity contribution >= 4 is 17.6 Å². The van der Waals surface area contributed by atoms with E-state index in [0.717, 1.165) is 34.9 Å². The fourth-order valence-electron chi connectivity index (χ4n) is 4.96. The molecule has 2 aliphatic rings. The van der Waals surface area contributed by atoms with Gasteiger partial charge in [-0.05, 0) is 111 Å². The number of hydrogen-bond donors (Lipinski definition) is 4. The average molecular weight is 426 g/mol. The van der Waals surface area contributed by atoms with Crippen LogP contribution >= 0.6 is 11.9 Å². The number of fused-ring (bicyclic) bond motifs is 1. The molecule has 0 saturated heterocycles. The second-order valence-electron chi connectivity index (χ2n) is 8.98. The van der Waals surface area contributed by atoms with Crippen molar-refractivity contribution in [2.75, 3.05) is 25.1 Å². The van der Waals surface area contributed by atoms with Crippen molar-refractivity contribution in [3.63, 3.8) is 0 Å². The Balaban J connectivity index is 1.10. The van der Waals surface area contributed by atoms with Crippen LogP contribution < -0.4 is 15.5 Å². The molecule has 0 bridgehead atoms. The first-order valence-corrected chi connectivity index (χ1v) is 12.3. The summed E-state index contributed by atoms with van der Waals surface area (Å²) in [5, 5.41) is 13.0. The zero-order chi connectivity index (χ0) is 20.6. The van der Waals surface area contributed by atoms with E-state index in [9.17, 15) is 5.21 Å². The normalized spacial score (nSPS) is 23.7. The molecule has 4 rings (SSSR count). The smallest absolute Gasteiger partial charge is 0.0751 e. The first-order valence-electron chi connectivity index (χ1n) is 11.5. The second kappa shape index (κ2) is 11.2. The molecule has 5 heteroatoms. The molecule has 1 unspecified atom stereocenters. The lowest BCUT2D eigenvalue weighted by Crippen LogP contribution is -2.33. The molecule has 2 aromatic rings. The van der Waals surface area contributed by atoms with E-state index in [2.05, 4.69) is 39.8 Å². The molecule has 0 spiro atoms. The fraction of sp³-hybridized carbons (Fsp3) is 0.520. The summed E-state index contributed by atoms with van der Waals surface area (Å²) in [5.74, 6) is 2.40. The zero-order valence-electron chi connectivity index (χ0n) is 17.8. The van der Waals surface area contributed by atoms with E-state index in [1.165, 1.54) is 58.0 Å². The Labute approximate surface area is 185 Å². The summed E-state index contributed by atoms with van der Waals surface area (Å²) in [6.07, 6.45) is 9.13. The van der Waals surface area contributed by atoms with Crippen LogP contribution in [0.3, 0.4) is 0 Å². The summed E-state index contributed by atoms with van der Waals surface area (Å²) in [6.45, 7) is 3.39. The molecule has 0 radical (unpaired) electrons. The first-order chi connectivity index (χ1) is 14.8. The summed E-state index contributed by atoms with van der Waals surface area (Å²) in [6, 6.07) is 16.8. The molecule has 0 amide bonds. The van der Waals surface area contributed by atoms with Gasteiger partial charge in [0.25, 0.3) is 0 Å². The highest BCUT2D eigenvalue weighted by Crippen LogP contribution is 2.30. The molecule has 30 heavy (non-hydrogen) atoms. The Kier molecular flexibility index (Phi) is 8.09. The summed E-state index contributed by atoms with van der Waals surface area (Å²) in [5.41, 5.74) is 6.16. The van der Waals surface area contributed by atoms with E-state index < -0.39 is 0 Å². The molecule has 4 N–H and O–H groups in total. The fourth-order valence-corrected chi connectivity index (χ4v) is 5.81. The Morgan fingerprint density at radius 2 is 1.43 bits per heavy atom. The van der Waals surface area contributed by atoms with Gasteiger partial charge in [0, 0.05) is 11.4 Å². The molecular formula is C25H35N3OS. The minimum Gasteiger partial charge on any atom is -0.316 e. The van der Waals surface area contributed by atoms with Gasteiger partial charge in [0.05, 0.1) is 5.69 Å². The number of anilines is 1. The van der Waals surface area contributed by atoms with E-state index in [1.807, 2.05) is 24.3 Å². The van der Waals surface area contributed by atoms with Crippen LogP contribution in [-0.2, 0) is 12.8 Å². The first kappa shape index (κ1) is 21.7. The van der Waals surface area contributed by atoms with Crippen LogP contribution in [-0.4, -0.2) is 24.8 Å². The number of para-hydroxylation sites is 1. The maximum atomic E-state index is 9.20. The molecule has 1 atom stereocenters. The third-order valence-corrected chi connectivity index (χ3v) is 7.73. The van der Waals surface area contributed by atoms with Gasteiger partial charge in [-0.15, -0.1) is 0 Å². The molecule has 2 aliphatic carbocycles. The second-order valence-corrected chi connectivity index (χ2v) is 9.91. The van der Waals surface area contributed by atoms with Crippen molar-refractivity contribution < 1.29 is 5.21 Å². The van der Waals surface area contributed by atoms with E-state index in [-0.39, 0.29) is 0 Å². The predicted octanol–water partition coefficient (Wildman–Crippen LogP) is 5.29. The van der Waals surface area contributed by atoms with Crippen molar-refractivity contribution in [3.05, 3.63) is 59.7 Å². The molecule has 1 fully saturated rings. The van der Waals surface area contributed by atoms with Crippen LogP contribution in [0.25, 0.3) is 0 Å². The third kappa shape index (κ3) is 6.01. The van der Waals surface area contributed by atoms with Gasteiger partial charge >= 0.3 is 0 Å². The molecule has 0 aromatic heterocycles. The average Bonchev–Trinajstić information content (AvgIpc) is 2.80. The SMILES string of the molecule is ONc1ccccc1SNCC1CCC(CNCC2CCc3ccccc3C2)CC1. The quantitative estimate of drug-likeness (QED) is 0.325. The van der Waals surface area contributed by atoms with Crippen LogP contribution in [0.5, 0.6) is 0 Å². The van der Waals surface area contributed by atoms with Crippen molar-refractivity contribution in [2.45, 2.75) is 49.8 Å². The van der Waals surface area contributed by atoms with Gasteiger partial charge in [0.15, 0.2) is 0 Å². The maximum absolute atomic E-state index is 9.20. The van der Waals surface area contributed by atoms with Crippen LogP contribution in [0.2, 0.25) is 0 Å². The van der Waals surface area contributed by atoms with E-state index in [1.54, 1.807) is 23.1 Å². The Bertz CT molecular complexity index is 791. The van der Waals surface area contributed by atoms with E-state index >= 15 is 0 Å². The topological polar surface area (TPSA) is 56.3 Å². The van der Waals surface area contributed by atoms with Gasteiger partial charge in [-0.25, -0.2) is 0 Å². The maximum Gasteiger partial charge on any atom is 0.0751 e. The molecular weight excluding hydrogens is 390 g/mol. The van der Waals surface area contributed by atoms with Crippen LogP contribution in [0.1, 0.15) is 43.2 Å². The Hall–Kier alpha value is -1.53. The highest BCUT2D eigenvalue weighted by atomic mass is 32.2. The van der Waals surface area contributed by atoms with Gasteiger partial charge in [-0.3, -0.25) is 15.4 Å². The Morgan fingerprint density at radius 1 is 0.767 bits per heavy atom. The van der Waals surface area contributed by atoms with E-state index in [0.29, 0.717) is 0 Å². The highest BCUT2D eigenvalue weighted by Gasteiger charge is 2.22. The summed E-state index contributed by atoms with van der Waals surface area (Å²) < 4.78 is 3.51. The summed E-state index contributed by atoms with van der Waals surface area (Å²) in [4.78, 5) is 1.03.